The lowest BCUT2D eigenvalue weighted by atomic mass is 10.0. The van der Waals surface area contributed by atoms with Crippen LogP contribution in [0.2, 0.25) is 0 Å². The van der Waals surface area contributed by atoms with Crippen molar-refractivity contribution in [3.05, 3.63) is 61.9 Å². The standard InChI is InChI=1S/C24H21N3O6/c28-23-17-12-20-19(32-13-33-20)11-16(17)22-21(23)15-5-4-14(27(30)31)10-18(15)24(29)26(22)9-3-8-25-6-1-2-7-25/h4-5,10-12H,1-3,6-9,13H2. The summed E-state index contributed by atoms with van der Waals surface area (Å²) in [5.74, 6) is 0.817. The van der Waals surface area contributed by atoms with E-state index in [-0.39, 0.29) is 29.2 Å². The van der Waals surface area contributed by atoms with Crippen molar-refractivity contribution < 1.29 is 19.2 Å². The molecule has 168 valence electrons. The number of ketones is 1. The van der Waals surface area contributed by atoms with Crippen LogP contribution in [0.3, 0.4) is 0 Å². The molecule has 6 rings (SSSR count). The maximum atomic E-state index is 13.6. The molecule has 1 saturated heterocycles. The highest BCUT2D eigenvalue weighted by Crippen LogP contribution is 2.46. The lowest BCUT2D eigenvalue weighted by molar-refractivity contribution is -0.384. The Balaban J connectivity index is 1.55. The molecule has 1 fully saturated rings. The highest BCUT2D eigenvalue weighted by Gasteiger charge is 2.35. The number of nitro groups is 1. The molecule has 2 aliphatic heterocycles. The molecule has 0 spiro atoms. The van der Waals surface area contributed by atoms with Gasteiger partial charge in [-0.05, 0) is 57.1 Å². The van der Waals surface area contributed by atoms with E-state index in [4.69, 9.17) is 9.47 Å². The van der Waals surface area contributed by atoms with Crippen LogP contribution < -0.4 is 15.0 Å². The third kappa shape index (κ3) is 3.03. The summed E-state index contributed by atoms with van der Waals surface area (Å²) in [6.07, 6.45) is 3.11. The molecule has 0 atom stereocenters. The number of fused-ring (bicyclic) bond motifs is 6. The van der Waals surface area contributed by atoms with Gasteiger partial charge in [0.1, 0.15) is 0 Å². The summed E-state index contributed by atoms with van der Waals surface area (Å²) in [4.78, 5) is 40.3. The summed E-state index contributed by atoms with van der Waals surface area (Å²) in [5.41, 5.74) is 1.55. The quantitative estimate of drug-likeness (QED) is 0.341. The van der Waals surface area contributed by atoms with Gasteiger partial charge >= 0.3 is 0 Å². The Bertz CT molecular complexity index is 1400. The van der Waals surface area contributed by atoms with E-state index >= 15 is 0 Å². The number of benzene rings is 2. The van der Waals surface area contributed by atoms with Crippen LogP contribution in [-0.2, 0) is 6.54 Å². The lowest BCUT2D eigenvalue weighted by Crippen LogP contribution is -2.27. The second kappa shape index (κ2) is 7.41. The Kier molecular flexibility index (Phi) is 4.48. The second-order valence-electron chi connectivity index (χ2n) is 8.65. The Labute approximate surface area is 188 Å². The maximum absolute atomic E-state index is 13.6. The molecule has 0 bridgehead atoms. The van der Waals surface area contributed by atoms with E-state index in [1.807, 2.05) is 0 Å². The van der Waals surface area contributed by atoms with Gasteiger partial charge in [0, 0.05) is 35.2 Å². The minimum atomic E-state index is -0.528. The summed E-state index contributed by atoms with van der Waals surface area (Å²) in [6.45, 7) is 3.47. The SMILES string of the molecule is O=C1c2cc3c(cc2-c2c1c1ccc([N+](=O)[O-])cc1c(=O)n2CCCN1CCCC1)OCO3. The Morgan fingerprint density at radius 1 is 0.939 bits per heavy atom. The molecule has 9 heteroatoms. The van der Waals surface area contributed by atoms with Crippen molar-refractivity contribution in [3.63, 3.8) is 0 Å². The number of pyridine rings is 1. The average molecular weight is 447 g/mol. The first-order valence-electron chi connectivity index (χ1n) is 11.1. The third-order valence-electron chi connectivity index (χ3n) is 6.76. The van der Waals surface area contributed by atoms with Crippen LogP contribution in [0.1, 0.15) is 35.2 Å². The molecule has 1 aliphatic carbocycles. The summed E-state index contributed by atoms with van der Waals surface area (Å²) in [6, 6.07) is 7.54. The smallest absolute Gasteiger partial charge is 0.270 e. The molecule has 0 unspecified atom stereocenters. The van der Waals surface area contributed by atoms with Gasteiger partial charge in [0.15, 0.2) is 17.3 Å². The molecular weight excluding hydrogens is 426 g/mol. The Hall–Kier alpha value is -3.72. The van der Waals surface area contributed by atoms with Gasteiger partial charge in [-0.1, -0.05) is 0 Å². The number of nitrogens with zero attached hydrogens (tertiary/aromatic N) is 3. The van der Waals surface area contributed by atoms with Crippen molar-refractivity contribution in [2.75, 3.05) is 26.4 Å². The molecule has 3 aromatic rings. The topological polar surface area (TPSA) is 104 Å². The molecule has 3 aliphatic rings. The predicted molar refractivity (Wildman–Crippen MR) is 120 cm³/mol. The van der Waals surface area contributed by atoms with Gasteiger partial charge in [-0.15, -0.1) is 0 Å². The number of non-ortho nitro benzene ring substituents is 1. The predicted octanol–water partition coefficient (Wildman–Crippen LogP) is 3.34. The van der Waals surface area contributed by atoms with Crippen LogP contribution >= 0.6 is 0 Å². The average Bonchev–Trinajstić information content (AvgIpc) is 3.55. The summed E-state index contributed by atoms with van der Waals surface area (Å²) in [7, 11) is 0. The zero-order valence-electron chi connectivity index (χ0n) is 17.8. The number of ether oxygens (including phenoxy) is 2. The van der Waals surface area contributed by atoms with Crippen LogP contribution in [0.4, 0.5) is 5.69 Å². The van der Waals surface area contributed by atoms with Gasteiger partial charge in [0.25, 0.3) is 11.2 Å². The monoisotopic (exact) mass is 447 g/mol. The van der Waals surface area contributed by atoms with Crippen molar-refractivity contribution in [2.45, 2.75) is 25.8 Å². The first-order chi connectivity index (χ1) is 16.0. The number of carbonyl (C=O) groups excluding carboxylic acids is 1. The van der Waals surface area contributed by atoms with Crippen molar-refractivity contribution in [1.29, 1.82) is 0 Å². The highest BCUT2D eigenvalue weighted by molar-refractivity contribution is 6.27. The number of hydrogen-bond donors (Lipinski definition) is 0. The van der Waals surface area contributed by atoms with E-state index in [2.05, 4.69) is 4.90 Å². The molecule has 0 N–H and O–H groups in total. The van der Waals surface area contributed by atoms with Gasteiger partial charge in [0.2, 0.25) is 6.79 Å². The number of aromatic nitrogens is 1. The number of likely N-dealkylation sites (tertiary alicyclic amines) is 1. The molecule has 33 heavy (non-hydrogen) atoms. The van der Waals surface area contributed by atoms with Gasteiger partial charge in [-0.25, -0.2) is 0 Å². The Morgan fingerprint density at radius 3 is 2.39 bits per heavy atom. The van der Waals surface area contributed by atoms with E-state index in [1.165, 1.54) is 31.0 Å². The Morgan fingerprint density at radius 2 is 1.67 bits per heavy atom. The molecule has 3 heterocycles. The number of rotatable bonds is 5. The van der Waals surface area contributed by atoms with Gasteiger partial charge in [-0.3, -0.25) is 19.7 Å². The minimum absolute atomic E-state index is 0.0866. The summed E-state index contributed by atoms with van der Waals surface area (Å²) < 4.78 is 12.6. The largest absolute Gasteiger partial charge is 0.454 e. The highest BCUT2D eigenvalue weighted by atomic mass is 16.7. The van der Waals surface area contributed by atoms with Crippen molar-refractivity contribution >= 4 is 22.2 Å². The van der Waals surface area contributed by atoms with Crippen LogP contribution in [0.25, 0.3) is 22.0 Å². The van der Waals surface area contributed by atoms with Crippen molar-refractivity contribution in [1.82, 2.24) is 9.47 Å². The fraction of sp³-hybridized carbons (Fsp3) is 0.333. The fourth-order valence-electron chi connectivity index (χ4n) is 5.19. The number of nitro benzene ring substituents is 1. The van der Waals surface area contributed by atoms with Crippen LogP contribution in [-0.4, -0.2) is 46.6 Å². The first kappa shape index (κ1) is 19.9. The van der Waals surface area contributed by atoms with E-state index < -0.39 is 4.92 Å². The van der Waals surface area contributed by atoms with Crippen LogP contribution in [0.15, 0.2) is 35.1 Å². The maximum Gasteiger partial charge on any atom is 0.270 e. The molecule has 1 aromatic heterocycles. The normalized spacial score (nSPS) is 16.4. The van der Waals surface area contributed by atoms with Crippen molar-refractivity contribution in [3.8, 4) is 22.8 Å². The van der Waals surface area contributed by atoms with Gasteiger partial charge in [-0.2, -0.15) is 0 Å². The summed E-state index contributed by atoms with van der Waals surface area (Å²) >= 11 is 0. The van der Waals surface area contributed by atoms with E-state index in [9.17, 15) is 19.7 Å². The van der Waals surface area contributed by atoms with Crippen LogP contribution in [0, 0.1) is 10.1 Å². The van der Waals surface area contributed by atoms with E-state index in [0.717, 1.165) is 26.1 Å². The fourth-order valence-corrected chi connectivity index (χ4v) is 5.19. The molecule has 0 amide bonds. The van der Waals surface area contributed by atoms with Crippen LogP contribution in [0.5, 0.6) is 11.5 Å². The van der Waals surface area contributed by atoms with Crippen molar-refractivity contribution in [2.24, 2.45) is 0 Å². The van der Waals surface area contributed by atoms with E-state index in [1.54, 1.807) is 16.7 Å². The lowest BCUT2D eigenvalue weighted by Gasteiger charge is -2.18. The number of carbonyl (C=O) groups is 1. The number of hydrogen-bond acceptors (Lipinski definition) is 7. The van der Waals surface area contributed by atoms with E-state index in [0.29, 0.717) is 45.8 Å². The zero-order chi connectivity index (χ0) is 22.7. The molecule has 0 radical (unpaired) electrons. The molecule has 9 nitrogen and oxygen atoms in total. The first-order valence-corrected chi connectivity index (χ1v) is 11.1. The van der Waals surface area contributed by atoms with Gasteiger partial charge < -0.3 is 18.9 Å². The second-order valence-corrected chi connectivity index (χ2v) is 8.65. The third-order valence-corrected chi connectivity index (χ3v) is 6.76. The molecular formula is C24H21N3O6. The minimum Gasteiger partial charge on any atom is -0.454 e. The molecule has 0 saturated carbocycles. The summed E-state index contributed by atoms with van der Waals surface area (Å²) in [5, 5.41) is 12.0. The zero-order valence-corrected chi connectivity index (χ0v) is 17.8. The molecule has 2 aromatic carbocycles. The van der Waals surface area contributed by atoms with Gasteiger partial charge in [0.05, 0.1) is 21.6 Å².